The van der Waals surface area contributed by atoms with Crippen LogP contribution in [0.1, 0.15) is 49.8 Å². The molecule has 35 heavy (non-hydrogen) atoms. The number of methoxy groups -OCH3 is 2. The Morgan fingerprint density at radius 2 is 1.66 bits per heavy atom. The number of terminal acetylenes is 1. The maximum absolute atomic E-state index is 13.5. The molecule has 0 aromatic heterocycles. The van der Waals surface area contributed by atoms with Crippen LogP contribution in [-0.4, -0.2) is 51.5 Å². The molecular weight excluding hydrogens is 466 g/mol. The van der Waals surface area contributed by atoms with Gasteiger partial charge in [0, 0.05) is 27.2 Å². The number of carbonyl (C=O) groups excluding carboxylic acids is 1. The summed E-state index contributed by atoms with van der Waals surface area (Å²) in [6, 6.07) is 13.8. The van der Waals surface area contributed by atoms with E-state index in [1.807, 2.05) is 31.2 Å². The van der Waals surface area contributed by atoms with E-state index in [1.165, 1.54) is 12.1 Å². The molecule has 2 rings (SSSR count). The van der Waals surface area contributed by atoms with Crippen molar-refractivity contribution < 1.29 is 27.4 Å². The quantitative estimate of drug-likeness (QED) is 0.341. The van der Waals surface area contributed by atoms with E-state index in [0.29, 0.717) is 6.42 Å². The number of hydrogen-bond donors (Lipinski definition) is 0. The highest BCUT2D eigenvalue weighted by Crippen LogP contribution is 2.27. The molecule has 0 saturated heterocycles. The monoisotopic (exact) mass is 501 g/mol. The molecule has 0 aliphatic heterocycles. The lowest BCUT2D eigenvalue weighted by atomic mass is 9.90. The van der Waals surface area contributed by atoms with Crippen LogP contribution in [0.3, 0.4) is 0 Å². The molecule has 8 heteroatoms. The molecule has 0 saturated carbocycles. The molecule has 0 spiro atoms. The summed E-state index contributed by atoms with van der Waals surface area (Å²) in [5.74, 6) is 2.46. The van der Waals surface area contributed by atoms with Gasteiger partial charge in [-0.15, -0.1) is 6.42 Å². The summed E-state index contributed by atoms with van der Waals surface area (Å²) in [4.78, 5) is 13.0. The first-order valence-electron chi connectivity index (χ1n) is 11.3. The van der Waals surface area contributed by atoms with Crippen molar-refractivity contribution in [1.82, 2.24) is 4.31 Å². The van der Waals surface area contributed by atoms with Crippen LogP contribution in [0, 0.1) is 19.3 Å². The number of nitrogens with zero attached hydrogens (tertiary/aromatic N) is 1. The smallest absolute Gasteiger partial charge is 0.424 e. The van der Waals surface area contributed by atoms with Gasteiger partial charge < -0.3 is 14.2 Å². The summed E-state index contributed by atoms with van der Waals surface area (Å²) in [6.45, 7) is 6.82. The SMILES string of the molecule is C#CC(CC(OC)OC)c1ccccc1CCN(C(=O)OC(C)(C)C)S(=O)(=O)c1ccc(C)cc1. The first kappa shape index (κ1) is 28.4. The minimum atomic E-state index is -4.15. The van der Waals surface area contributed by atoms with Crippen LogP contribution in [0.2, 0.25) is 0 Å². The summed E-state index contributed by atoms with van der Waals surface area (Å²) in [7, 11) is -1.06. The molecule has 0 aliphatic carbocycles. The fraction of sp³-hybridized carbons (Fsp3) is 0.444. The lowest BCUT2D eigenvalue weighted by molar-refractivity contribution is -0.107. The van der Waals surface area contributed by atoms with Crippen LogP contribution in [0.5, 0.6) is 0 Å². The second-order valence-corrected chi connectivity index (χ2v) is 11.0. The highest BCUT2D eigenvalue weighted by molar-refractivity contribution is 7.89. The van der Waals surface area contributed by atoms with Gasteiger partial charge in [0.25, 0.3) is 10.0 Å². The highest BCUT2D eigenvalue weighted by Gasteiger charge is 2.33. The van der Waals surface area contributed by atoms with Crippen molar-refractivity contribution in [2.24, 2.45) is 0 Å². The molecule has 0 fully saturated rings. The Balaban J connectivity index is 2.39. The number of amides is 1. The standard InChI is InChI=1S/C27H35NO6S/c1-8-21(19-25(32-6)33-7)24-12-10-9-11-22(24)17-18-28(26(29)34-27(3,4)5)35(30,31)23-15-13-20(2)14-16-23/h1,9-16,21,25H,17-19H2,2-7H3. The van der Waals surface area contributed by atoms with Crippen LogP contribution >= 0.6 is 0 Å². The van der Waals surface area contributed by atoms with Gasteiger partial charge in [0.1, 0.15) is 5.60 Å². The number of carbonyl (C=O) groups is 1. The van der Waals surface area contributed by atoms with Crippen molar-refractivity contribution in [1.29, 1.82) is 0 Å². The number of benzene rings is 2. The first-order chi connectivity index (χ1) is 16.4. The van der Waals surface area contributed by atoms with Crippen molar-refractivity contribution >= 4 is 16.1 Å². The molecule has 0 radical (unpaired) electrons. The molecule has 1 amide bonds. The highest BCUT2D eigenvalue weighted by atomic mass is 32.2. The number of sulfonamides is 1. The zero-order valence-electron chi connectivity index (χ0n) is 21.3. The van der Waals surface area contributed by atoms with Crippen LogP contribution < -0.4 is 0 Å². The van der Waals surface area contributed by atoms with Gasteiger partial charge in [0.2, 0.25) is 0 Å². The first-order valence-corrected chi connectivity index (χ1v) is 12.8. The largest absolute Gasteiger partial charge is 0.443 e. The Morgan fingerprint density at radius 3 is 2.20 bits per heavy atom. The Morgan fingerprint density at radius 1 is 1.06 bits per heavy atom. The third-order valence-corrected chi connectivity index (χ3v) is 7.16. The predicted octanol–water partition coefficient (Wildman–Crippen LogP) is 4.89. The van der Waals surface area contributed by atoms with Gasteiger partial charge in [0.15, 0.2) is 6.29 Å². The lowest BCUT2D eigenvalue weighted by Gasteiger charge is -2.27. The number of rotatable bonds is 10. The molecule has 190 valence electrons. The van der Waals surface area contributed by atoms with Crippen molar-refractivity contribution in [2.45, 2.75) is 63.2 Å². The normalized spacial score (nSPS) is 12.7. The third kappa shape index (κ3) is 7.82. The van der Waals surface area contributed by atoms with E-state index in [4.69, 9.17) is 20.6 Å². The minimum absolute atomic E-state index is 0.0202. The number of aryl methyl sites for hydroxylation is 1. The van der Waals surface area contributed by atoms with E-state index < -0.39 is 28.0 Å². The topological polar surface area (TPSA) is 82.1 Å². The van der Waals surface area contributed by atoms with Crippen molar-refractivity contribution in [3.05, 3.63) is 65.2 Å². The van der Waals surface area contributed by atoms with E-state index in [9.17, 15) is 13.2 Å². The average Bonchev–Trinajstić information content (AvgIpc) is 2.79. The summed E-state index contributed by atoms with van der Waals surface area (Å²) in [5, 5.41) is 0. The Labute approximate surface area is 209 Å². The summed E-state index contributed by atoms with van der Waals surface area (Å²) in [6.07, 6.45) is 5.09. The van der Waals surface area contributed by atoms with Crippen molar-refractivity contribution in [3.8, 4) is 12.3 Å². The molecule has 2 aromatic carbocycles. The van der Waals surface area contributed by atoms with Gasteiger partial charge in [0.05, 0.1) is 10.8 Å². The molecule has 7 nitrogen and oxygen atoms in total. The molecule has 2 aromatic rings. The van der Waals surface area contributed by atoms with Crippen LogP contribution in [0.25, 0.3) is 0 Å². The third-order valence-electron chi connectivity index (χ3n) is 5.38. The summed E-state index contributed by atoms with van der Waals surface area (Å²) < 4.78 is 43.7. The lowest BCUT2D eigenvalue weighted by Crippen LogP contribution is -2.42. The Bertz CT molecular complexity index is 1130. The Kier molecular flexibility index (Phi) is 9.90. The van der Waals surface area contributed by atoms with E-state index >= 15 is 0 Å². The summed E-state index contributed by atoms with van der Waals surface area (Å²) in [5.41, 5.74) is 1.73. The van der Waals surface area contributed by atoms with Crippen LogP contribution in [0.15, 0.2) is 53.4 Å². The average molecular weight is 502 g/mol. The maximum atomic E-state index is 13.5. The van der Waals surface area contributed by atoms with E-state index in [2.05, 4.69) is 5.92 Å². The molecular formula is C27H35NO6S. The van der Waals surface area contributed by atoms with Gasteiger partial charge in [-0.25, -0.2) is 17.5 Å². The predicted molar refractivity (Wildman–Crippen MR) is 135 cm³/mol. The number of hydrogen-bond acceptors (Lipinski definition) is 6. The molecule has 0 bridgehead atoms. The fourth-order valence-corrected chi connectivity index (χ4v) is 4.85. The van der Waals surface area contributed by atoms with E-state index in [1.54, 1.807) is 47.1 Å². The number of ether oxygens (including phenoxy) is 3. The molecule has 0 N–H and O–H groups in total. The van der Waals surface area contributed by atoms with Gasteiger partial charge >= 0.3 is 6.09 Å². The molecule has 1 atom stereocenters. The van der Waals surface area contributed by atoms with Gasteiger partial charge in [-0.2, -0.15) is 0 Å². The fourth-order valence-electron chi connectivity index (χ4n) is 3.55. The van der Waals surface area contributed by atoms with E-state index in [0.717, 1.165) is 21.0 Å². The molecule has 0 aliphatic rings. The van der Waals surface area contributed by atoms with Crippen molar-refractivity contribution in [2.75, 3.05) is 20.8 Å². The Hall–Kier alpha value is -2.86. The minimum Gasteiger partial charge on any atom is -0.443 e. The van der Waals surface area contributed by atoms with Crippen LogP contribution in [-0.2, 0) is 30.7 Å². The van der Waals surface area contributed by atoms with Crippen LogP contribution in [0.4, 0.5) is 4.79 Å². The van der Waals surface area contributed by atoms with Crippen molar-refractivity contribution in [3.63, 3.8) is 0 Å². The molecule has 1 unspecified atom stereocenters. The zero-order valence-corrected chi connectivity index (χ0v) is 22.1. The molecule has 0 heterocycles. The zero-order chi connectivity index (χ0) is 26.2. The second-order valence-electron chi connectivity index (χ2n) is 9.18. The van der Waals surface area contributed by atoms with Gasteiger partial charge in [-0.05, 0) is 57.4 Å². The van der Waals surface area contributed by atoms with E-state index in [-0.39, 0.29) is 23.8 Å². The maximum Gasteiger partial charge on any atom is 0.424 e. The summed E-state index contributed by atoms with van der Waals surface area (Å²) >= 11 is 0. The van der Waals surface area contributed by atoms with Gasteiger partial charge in [-0.3, -0.25) is 0 Å². The second kappa shape index (κ2) is 12.2. The van der Waals surface area contributed by atoms with Gasteiger partial charge in [-0.1, -0.05) is 47.9 Å².